The Morgan fingerprint density at radius 2 is 1.81 bits per heavy atom. The lowest BCUT2D eigenvalue weighted by Gasteiger charge is -2.15. The first-order valence-corrected chi connectivity index (χ1v) is 7.11. The van der Waals surface area contributed by atoms with E-state index in [-0.39, 0.29) is 0 Å². The van der Waals surface area contributed by atoms with E-state index in [1.807, 2.05) is 42.5 Å². The number of nitriles is 1. The van der Waals surface area contributed by atoms with Crippen LogP contribution in [0.4, 0.5) is 5.69 Å². The largest absolute Gasteiger partial charge is 0.497 e. The molecule has 0 fully saturated rings. The van der Waals surface area contributed by atoms with Crippen LogP contribution in [0.3, 0.4) is 0 Å². The molecule has 0 heterocycles. The highest BCUT2D eigenvalue weighted by Crippen LogP contribution is 2.29. The minimum atomic E-state index is -0.444. The van der Waals surface area contributed by atoms with E-state index in [0.717, 1.165) is 27.2 Å². The number of ether oxygens (including phenoxy) is 2. The second-order valence-corrected chi connectivity index (χ2v) is 5.18. The predicted molar refractivity (Wildman–Crippen MR) is 85.7 cm³/mol. The molecule has 2 aromatic rings. The molecule has 0 amide bonds. The first kappa shape index (κ1) is 15.2. The summed E-state index contributed by atoms with van der Waals surface area (Å²) in [6.07, 6.45) is 0. The Hall–Kier alpha value is -2.19. The Morgan fingerprint density at radius 3 is 2.33 bits per heavy atom. The van der Waals surface area contributed by atoms with Crippen molar-refractivity contribution >= 4 is 21.6 Å². The zero-order valence-corrected chi connectivity index (χ0v) is 13.3. The summed E-state index contributed by atoms with van der Waals surface area (Å²) in [5.74, 6) is 1.51. The van der Waals surface area contributed by atoms with Crippen LogP contribution in [0.25, 0.3) is 0 Å². The van der Waals surface area contributed by atoms with Gasteiger partial charge in [0.25, 0.3) is 0 Å². The van der Waals surface area contributed by atoms with E-state index in [2.05, 4.69) is 27.3 Å². The van der Waals surface area contributed by atoms with E-state index in [4.69, 9.17) is 9.47 Å². The van der Waals surface area contributed by atoms with Crippen molar-refractivity contribution in [2.45, 2.75) is 6.04 Å². The first-order valence-electron chi connectivity index (χ1n) is 6.31. The van der Waals surface area contributed by atoms with E-state index in [1.165, 1.54) is 0 Å². The van der Waals surface area contributed by atoms with Gasteiger partial charge in [-0.1, -0.05) is 6.07 Å². The van der Waals surface area contributed by atoms with E-state index < -0.39 is 6.04 Å². The van der Waals surface area contributed by atoms with Gasteiger partial charge in [0, 0.05) is 5.69 Å². The number of anilines is 1. The fraction of sp³-hybridized carbons (Fsp3) is 0.188. The second-order valence-electron chi connectivity index (χ2n) is 4.33. The van der Waals surface area contributed by atoms with Gasteiger partial charge in [0.05, 0.1) is 24.8 Å². The molecule has 1 N–H and O–H groups in total. The Labute approximate surface area is 132 Å². The molecular weight excluding hydrogens is 332 g/mol. The Balaban J connectivity index is 2.19. The summed E-state index contributed by atoms with van der Waals surface area (Å²) in [5, 5.41) is 12.6. The zero-order valence-electron chi connectivity index (χ0n) is 11.8. The second kappa shape index (κ2) is 7.00. The van der Waals surface area contributed by atoms with Gasteiger partial charge < -0.3 is 14.8 Å². The maximum Gasteiger partial charge on any atom is 0.140 e. The highest BCUT2D eigenvalue weighted by Gasteiger charge is 2.12. The van der Waals surface area contributed by atoms with Crippen molar-refractivity contribution in [2.24, 2.45) is 0 Å². The Morgan fingerprint density at radius 1 is 1.10 bits per heavy atom. The first-order chi connectivity index (χ1) is 10.2. The topological polar surface area (TPSA) is 54.3 Å². The normalized spacial score (nSPS) is 11.3. The van der Waals surface area contributed by atoms with Crippen molar-refractivity contribution in [1.82, 2.24) is 0 Å². The molecule has 1 unspecified atom stereocenters. The van der Waals surface area contributed by atoms with Gasteiger partial charge in [-0.2, -0.15) is 5.26 Å². The lowest BCUT2D eigenvalue weighted by atomic mass is 10.1. The minimum Gasteiger partial charge on any atom is -0.497 e. The predicted octanol–water partition coefficient (Wildman–Crippen LogP) is 4.14. The summed E-state index contributed by atoms with van der Waals surface area (Å²) in [6, 6.07) is 14.8. The van der Waals surface area contributed by atoms with Crippen molar-refractivity contribution in [3.05, 3.63) is 52.5 Å². The molecule has 0 radical (unpaired) electrons. The lowest BCUT2D eigenvalue weighted by molar-refractivity contribution is 0.412. The van der Waals surface area contributed by atoms with Crippen LogP contribution in [0.1, 0.15) is 11.6 Å². The van der Waals surface area contributed by atoms with E-state index in [0.29, 0.717) is 0 Å². The summed E-state index contributed by atoms with van der Waals surface area (Å²) in [4.78, 5) is 0. The molecule has 1 atom stereocenters. The van der Waals surface area contributed by atoms with Crippen LogP contribution in [0.2, 0.25) is 0 Å². The number of hydrogen-bond donors (Lipinski definition) is 1. The summed E-state index contributed by atoms with van der Waals surface area (Å²) >= 11 is 3.43. The maximum absolute atomic E-state index is 9.38. The molecule has 0 aliphatic rings. The van der Waals surface area contributed by atoms with Crippen molar-refractivity contribution in [3.8, 4) is 17.6 Å². The molecule has 0 spiro atoms. The summed E-state index contributed by atoms with van der Waals surface area (Å²) < 4.78 is 11.1. The average molecular weight is 347 g/mol. The molecular formula is C16H15BrN2O2. The molecule has 2 rings (SSSR count). The molecule has 0 saturated carbocycles. The van der Waals surface area contributed by atoms with Crippen LogP contribution in [0.15, 0.2) is 46.9 Å². The summed E-state index contributed by atoms with van der Waals surface area (Å²) in [5.41, 5.74) is 1.72. The van der Waals surface area contributed by atoms with Crippen molar-refractivity contribution < 1.29 is 9.47 Å². The van der Waals surface area contributed by atoms with Crippen LogP contribution in [-0.4, -0.2) is 14.2 Å². The number of rotatable bonds is 5. The SMILES string of the molecule is COc1ccc(NC(C#N)c2ccc(OC)c(Br)c2)cc1. The van der Waals surface area contributed by atoms with Gasteiger partial charge in [0.2, 0.25) is 0 Å². The highest BCUT2D eigenvalue weighted by atomic mass is 79.9. The Bertz CT molecular complexity index is 650. The van der Waals surface area contributed by atoms with Gasteiger partial charge in [-0.3, -0.25) is 0 Å². The van der Waals surface area contributed by atoms with Gasteiger partial charge in [0.1, 0.15) is 17.5 Å². The number of nitrogens with one attached hydrogen (secondary N) is 1. The summed E-state index contributed by atoms with van der Waals surface area (Å²) in [7, 11) is 3.23. The van der Waals surface area contributed by atoms with Gasteiger partial charge in [0.15, 0.2) is 0 Å². The molecule has 0 saturated heterocycles. The van der Waals surface area contributed by atoms with Gasteiger partial charge >= 0.3 is 0 Å². The molecule has 0 bridgehead atoms. The molecule has 21 heavy (non-hydrogen) atoms. The van der Waals surface area contributed by atoms with E-state index in [9.17, 15) is 5.26 Å². The third kappa shape index (κ3) is 3.67. The van der Waals surface area contributed by atoms with Crippen LogP contribution in [0.5, 0.6) is 11.5 Å². The molecule has 0 aliphatic heterocycles. The fourth-order valence-electron chi connectivity index (χ4n) is 1.91. The maximum atomic E-state index is 9.38. The number of hydrogen-bond acceptors (Lipinski definition) is 4. The zero-order chi connectivity index (χ0) is 15.2. The molecule has 4 nitrogen and oxygen atoms in total. The monoisotopic (exact) mass is 346 g/mol. The number of nitrogens with zero attached hydrogens (tertiary/aromatic N) is 1. The number of halogens is 1. The van der Waals surface area contributed by atoms with Crippen molar-refractivity contribution in [2.75, 3.05) is 19.5 Å². The van der Waals surface area contributed by atoms with Crippen molar-refractivity contribution in [1.29, 1.82) is 5.26 Å². The third-order valence-corrected chi connectivity index (χ3v) is 3.66. The standard InChI is InChI=1S/C16H15BrN2O2/c1-20-13-6-4-12(5-7-13)19-15(10-18)11-3-8-16(21-2)14(17)9-11/h3-9,15,19H,1-2H3. The molecule has 0 aliphatic carbocycles. The number of benzene rings is 2. The highest BCUT2D eigenvalue weighted by molar-refractivity contribution is 9.10. The quantitative estimate of drug-likeness (QED) is 0.883. The van der Waals surface area contributed by atoms with Crippen LogP contribution in [-0.2, 0) is 0 Å². The summed E-state index contributed by atoms with van der Waals surface area (Å²) in [6.45, 7) is 0. The third-order valence-electron chi connectivity index (χ3n) is 3.04. The molecule has 5 heteroatoms. The molecule has 0 aromatic heterocycles. The van der Waals surface area contributed by atoms with E-state index >= 15 is 0 Å². The smallest absolute Gasteiger partial charge is 0.140 e. The fourth-order valence-corrected chi connectivity index (χ4v) is 2.46. The average Bonchev–Trinajstić information content (AvgIpc) is 2.53. The van der Waals surface area contributed by atoms with Gasteiger partial charge in [-0.25, -0.2) is 0 Å². The van der Waals surface area contributed by atoms with E-state index in [1.54, 1.807) is 14.2 Å². The van der Waals surface area contributed by atoms with Crippen LogP contribution < -0.4 is 14.8 Å². The van der Waals surface area contributed by atoms with Crippen molar-refractivity contribution in [3.63, 3.8) is 0 Å². The van der Waals surface area contributed by atoms with Crippen LogP contribution in [0, 0.1) is 11.3 Å². The van der Waals surface area contributed by atoms with Gasteiger partial charge in [-0.15, -0.1) is 0 Å². The molecule has 108 valence electrons. The van der Waals surface area contributed by atoms with Gasteiger partial charge in [-0.05, 0) is 57.9 Å². The Kier molecular flexibility index (Phi) is 5.07. The minimum absolute atomic E-state index is 0.444. The molecule has 2 aromatic carbocycles. The number of methoxy groups -OCH3 is 2. The van der Waals surface area contributed by atoms with Crippen LogP contribution >= 0.6 is 15.9 Å². The lowest BCUT2D eigenvalue weighted by Crippen LogP contribution is -2.08.